The summed E-state index contributed by atoms with van der Waals surface area (Å²) in [5.41, 5.74) is 1.41. The predicted molar refractivity (Wildman–Crippen MR) is 83.8 cm³/mol. The number of carbonyl (C=O) groups excluding carboxylic acids is 1. The molecule has 0 radical (unpaired) electrons. The maximum atomic E-state index is 13.7. The number of hydrogen-bond donors (Lipinski definition) is 1. The Kier molecular flexibility index (Phi) is 3.66. The van der Waals surface area contributed by atoms with Gasteiger partial charge in [0.15, 0.2) is 0 Å². The second-order valence-corrected chi connectivity index (χ2v) is 5.40. The molecule has 3 nitrogen and oxygen atoms in total. The Morgan fingerprint density at radius 2 is 2.00 bits per heavy atom. The predicted octanol–water partition coefficient (Wildman–Crippen LogP) is 4.39. The highest BCUT2D eigenvalue weighted by molar-refractivity contribution is 9.10. The van der Waals surface area contributed by atoms with Crippen LogP contribution in [0.25, 0.3) is 10.9 Å². The van der Waals surface area contributed by atoms with Crippen molar-refractivity contribution in [1.29, 1.82) is 0 Å². The molecule has 104 valence electrons. The van der Waals surface area contributed by atoms with Crippen LogP contribution in [0.15, 0.2) is 59.2 Å². The molecular formula is C16H10BrFN2O. The van der Waals surface area contributed by atoms with Gasteiger partial charge < -0.3 is 5.32 Å². The number of halogens is 2. The van der Waals surface area contributed by atoms with Gasteiger partial charge in [-0.05, 0) is 42.5 Å². The minimum absolute atomic E-state index is 0.148. The smallest absolute Gasteiger partial charge is 0.255 e. The van der Waals surface area contributed by atoms with E-state index in [0.29, 0.717) is 10.0 Å². The van der Waals surface area contributed by atoms with E-state index >= 15 is 0 Å². The lowest BCUT2D eigenvalue weighted by molar-refractivity contribution is 0.102. The van der Waals surface area contributed by atoms with E-state index in [0.717, 1.165) is 10.9 Å². The van der Waals surface area contributed by atoms with Gasteiger partial charge in [0.1, 0.15) is 5.82 Å². The summed E-state index contributed by atoms with van der Waals surface area (Å²) in [6.45, 7) is 0. The largest absolute Gasteiger partial charge is 0.319 e. The fraction of sp³-hybridized carbons (Fsp3) is 0. The number of anilines is 1. The molecule has 1 amide bonds. The first kappa shape index (κ1) is 13.7. The normalized spacial score (nSPS) is 10.6. The van der Waals surface area contributed by atoms with Crippen molar-refractivity contribution in [1.82, 2.24) is 4.98 Å². The van der Waals surface area contributed by atoms with Gasteiger partial charge in [-0.2, -0.15) is 0 Å². The zero-order valence-corrected chi connectivity index (χ0v) is 12.4. The highest BCUT2D eigenvalue weighted by Gasteiger charge is 2.10. The van der Waals surface area contributed by atoms with Crippen LogP contribution in [-0.4, -0.2) is 10.9 Å². The Morgan fingerprint density at radius 3 is 2.81 bits per heavy atom. The fourth-order valence-electron chi connectivity index (χ4n) is 2.00. The molecule has 2 aromatic carbocycles. The molecule has 0 aliphatic heterocycles. The highest BCUT2D eigenvalue weighted by Crippen LogP contribution is 2.20. The minimum atomic E-state index is -0.486. The molecule has 1 aromatic heterocycles. The number of benzene rings is 2. The van der Waals surface area contributed by atoms with Gasteiger partial charge in [0.25, 0.3) is 5.91 Å². The van der Waals surface area contributed by atoms with E-state index in [1.807, 2.05) is 6.07 Å². The van der Waals surface area contributed by atoms with Crippen molar-refractivity contribution >= 4 is 38.4 Å². The zero-order chi connectivity index (χ0) is 14.8. The Labute approximate surface area is 128 Å². The van der Waals surface area contributed by atoms with Crippen molar-refractivity contribution in [2.45, 2.75) is 0 Å². The van der Waals surface area contributed by atoms with Crippen LogP contribution in [0.5, 0.6) is 0 Å². The van der Waals surface area contributed by atoms with E-state index < -0.39 is 5.82 Å². The molecule has 1 N–H and O–H groups in total. The summed E-state index contributed by atoms with van der Waals surface area (Å²) >= 11 is 3.17. The van der Waals surface area contributed by atoms with Gasteiger partial charge in [0.2, 0.25) is 0 Å². The lowest BCUT2D eigenvalue weighted by Gasteiger charge is -2.07. The molecule has 21 heavy (non-hydrogen) atoms. The summed E-state index contributed by atoms with van der Waals surface area (Å²) in [6, 6.07) is 13.3. The third-order valence-electron chi connectivity index (χ3n) is 3.04. The van der Waals surface area contributed by atoms with E-state index in [9.17, 15) is 9.18 Å². The van der Waals surface area contributed by atoms with E-state index in [2.05, 4.69) is 26.2 Å². The Balaban J connectivity index is 1.89. The highest BCUT2D eigenvalue weighted by atomic mass is 79.9. The first-order valence-electron chi connectivity index (χ1n) is 6.25. The number of nitrogens with zero attached hydrogens (tertiary/aromatic N) is 1. The molecule has 0 spiro atoms. The maximum absolute atomic E-state index is 13.7. The van der Waals surface area contributed by atoms with Gasteiger partial charge in [-0.25, -0.2) is 4.39 Å². The van der Waals surface area contributed by atoms with Crippen molar-refractivity contribution < 1.29 is 9.18 Å². The molecule has 1 heterocycles. The van der Waals surface area contributed by atoms with Gasteiger partial charge in [0, 0.05) is 21.6 Å². The van der Waals surface area contributed by atoms with E-state index in [-0.39, 0.29) is 11.6 Å². The third kappa shape index (κ3) is 2.92. The molecule has 0 aliphatic rings. The van der Waals surface area contributed by atoms with Crippen LogP contribution in [-0.2, 0) is 0 Å². The van der Waals surface area contributed by atoms with Crippen LogP contribution in [0.1, 0.15) is 10.4 Å². The Hall–Kier alpha value is -2.27. The lowest BCUT2D eigenvalue weighted by Crippen LogP contribution is -2.12. The van der Waals surface area contributed by atoms with Crippen LogP contribution >= 0.6 is 15.9 Å². The number of nitrogens with one attached hydrogen (secondary N) is 1. The number of amides is 1. The first-order chi connectivity index (χ1) is 10.1. The zero-order valence-electron chi connectivity index (χ0n) is 10.8. The molecule has 0 fully saturated rings. The maximum Gasteiger partial charge on any atom is 0.255 e. The molecule has 3 rings (SSSR count). The van der Waals surface area contributed by atoms with E-state index in [1.165, 1.54) is 12.1 Å². The Bertz CT molecular complexity index is 835. The van der Waals surface area contributed by atoms with Crippen LogP contribution < -0.4 is 5.32 Å². The standard InChI is InChI=1S/C16H10BrFN2O/c17-12-4-6-15(13(18)9-12)20-16(21)11-3-5-14-10(8-11)2-1-7-19-14/h1-9H,(H,20,21). The van der Waals surface area contributed by atoms with Crippen molar-refractivity contribution in [2.75, 3.05) is 5.32 Å². The lowest BCUT2D eigenvalue weighted by atomic mass is 10.1. The van der Waals surface area contributed by atoms with E-state index in [4.69, 9.17) is 0 Å². The number of fused-ring (bicyclic) bond motifs is 1. The summed E-state index contributed by atoms with van der Waals surface area (Å²) in [5.74, 6) is -0.845. The summed E-state index contributed by atoms with van der Waals surface area (Å²) in [7, 11) is 0. The Morgan fingerprint density at radius 1 is 1.14 bits per heavy atom. The minimum Gasteiger partial charge on any atom is -0.319 e. The van der Waals surface area contributed by atoms with Gasteiger partial charge in [0.05, 0.1) is 11.2 Å². The molecule has 5 heteroatoms. The first-order valence-corrected chi connectivity index (χ1v) is 7.04. The molecule has 0 unspecified atom stereocenters. The second-order valence-electron chi connectivity index (χ2n) is 4.49. The van der Waals surface area contributed by atoms with Crippen molar-refractivity contribution in [3.8, 4) is 0 Å². The van der Waals surface area contributed by atoms with Gasteiger partial charge in [-0.3, -0.25) is 9.78 Å². The molecule has 0 aliphatic carbocycles. The molecule has 0 atom stereocenters. The summed E-state index contributed by atoms with van der Waals surface area (Å²) < 4.78 is 14.3. The van der Waals surface area contributed by atoms with Crippen molar-refractivity contribution in [3.63, 3.8) is 0 Å². The fourth-order valence-corrected chi connectivity index (χ4v) is 2.34. The average Bonchev–Trinajstić information content (AvgIpc) is 2.49. The molecule has 3 aromatic rings. The second kappa shape index (κ2) is 5.61. The monoisotopic (exact) mass is 344 g/mol. The van der Waals surface area contributed by atoms with Gasteiger partial charge in [-0.15, -0.1) is 0 Å². The van der Waals surface area contributed by atoms with Crippen LogP contribution in [0.4, 0.5) is 10.1 Å². The molecule has 0 saturated heterocycles. The molecular weight excluding hydrogens is 335 g/mol. The molecule has 0 saturated carbocycles. The van der Waals surface area contributed by atoms with Crippen LogP contribution in [0.3, 0.4) is 0 Å². The topological polar surface area (TPSA) is 42.0 Å². The molecule has 0 bridgehead atoms. The number of hydrogen-bond acceptors (Lipinski definition) is 2. The van der Waals surface area contributed by atoms with Gasteiger partial charge in [-0.1, -0.05) is 22.0 Å². The number of carbonyl (C=O) groups is 1. The number of rotatable bonds is 2. The summed E-state index contributed by atoms with van der Waals surface area (Å²) in [6.07, 6.45) is 1.69. The SMILES string of the molecule is O=C(Nc1ccc(Br)cc1F)c1ccc2ncccc2c1. The average molecular weight is 345 g/mol. The van der Waals surface area contributed by atoms with Crippen molar-refractivity contribution in [2.24, 2.45) is 0 Å². The number of aromatic nitrogens is 1. The number of pyridine rings is 1. The van der Waals surface area contributed by atoms with E-state index in [1.54, 1.807) is 36.5 Å². The summed E-state index contributed by atoms with van der Waals surface area (Å²) in [4.78, 5) is 16.4. The van der Waals surface area contributed by atoms with Crippen LogP contribution in [0, 0.1) is 5.82 Å². The third-order valence-corrected chi connectivity index (χ3v) is 3.54. The summed E-state index contributed by atoms with van der Waals surface area (Å²) in [5, 5.41) is 3.43. The quantitative estimate of drug-likeness (QED) is 0.749. The van der Waals surface area contributed by atoms with Crippen molar-refractivity contribution in [3.05, 3.63) is 70.6 Å². The van der Waals surface area contributed by atoms with Crippen LogP contribution in [0.2, 0.25) is 0 Å². The van der Waals surface area contributed by atoms with Gasteiger partial charge >= 0.3 is 0 Å².